The summed E-state index contributed by atoms with van der Waals surface area (Å²) in [6.07, 6.45) is 16.3. The maximum absolute atomic E-state index is 13.7. The lowest BCUT2D eigenvalue weighted by Crippen LogP contribution is -2.35. The molecule has 0 saturated heterocycles. The van der Waals surface area contributed by atoms with Crippen LogP contribution >= 0.6 is 0 Å². The first kappa shape index (κ1) is 24.5. The van der Waals surface area contributed by atoms with E-state index in [1.165, 1.54) is 31.3 Å². The van der Waals surface area contributed by atoms with Crippen LogP contribution in [0.3, 0.4) is 0 Å². The van der Waals surface area contributed by atoms with Crippen LogP contribution in [-0.2, 0) is 0 Å². The van der Waals surface area contributed by atoms with Crippen molar-refractivity contribution >= 4 is 0 Å². The van der Waals surface area contributed by atoms with E-state index in [4.69, 9.17) is 0 Å². The lowest BCUT2D eigenvalue weighted by Gasteiger charge is -2.44. The van der Waals surface area contributed by atoms with Crippen molar-refractivity contribution in [3.63, 3.8) is 0 Å². The first-order chi connectivity index (χ1) is 14.5. The van der Waals surface area contributed by atoms with Crippen LogP contribution in [-0.4, -0.2) is 28.1 Å². The molecule has 31 heavy (non-hydrogen) atoms. The molecule has 0 aromatic heterocycles. The zero-order chi connectivity index (χ0) is 22.8. The number of hydrogen-bond acceptors (Lipinski definition) is 2. The number of aliphatic hydroxyl groups excluding tert-OH is 2. The Hall–Kier alpha value is -1.19. The van der Waals surface area contributed by atoms with E-state index in [0.717, 1.165) is 24.0 Å². The van der Waals surface area contributed by atoms with Gasteiger partial charge in [0.25, 0.3) is 0 Å². The molecule has 3 saturated carbocycles. The van der Waals surface area contributed by atoms with E-state index in [1.54, 1.807) is 13.8 Å². The normalized spacial score (nSPS) is 38.2. The Labute approximate surface area is 189 Å². The summed E-state index contributed by atoms with van der Waals surface area (Å²) in [6, 6.07) is 0. The minimum atomic E-state index is -1.09. The Balaban J connectivity index is 1.70. The van der Waals surface area contributed by atoms with Gasteiger partial charge in [0.1, 0.15) is 5.67 Å². The first-order valence-electron chi connectivity index (χ1n) is 12.3. The number of rotatable bonds is 6. The maximum Gasteiger partial charge on any atom is 0.105 e. The van der Waals surface area contributed by atoms with Gasteiger partial charge in [0.2, 0.25) is 0 Å². The van der Waals surface area contributed by atoms with Gasteiger partial charge in [-0.05, 0) is 99.5 Å². The minimum absolute atomic E-state index is 0.314. The van der Waals surface area contributed by atoms with Crippen LogP contribution < -0.4 is 0 Å². The molecular formula is C28H43FO2. The average molecular weight is 431 g/mol. The Morgan fingerprint density at radius 3 is 2.71 bits per heavy atom. The molecule has 3 rings (SSSR count). The molecule has 3 fully saturated rings. The van der Waals surface area contributed by atoms with Gasteiger partial charge in [0, 0.05) is 6.42 Å². The molecule has 0 aliphatic heterocycles. The summed E-state index contributed by atoms with van der Waals surface area (Å²) in [7, 11) is 0. The van der Waals surface area contributed by atoms with Gasteiger partial charge in [0.05, 0.1) is 12.2 Å². The fourth-order valence-electron chi connectivity index (χ4n) is 6.48. The van der Waals surface area contributed by atoms with Crippen LogP contribution in [0.15, 0.2) is 47.6 Å². The number of aliphatic hydroxyl groups is 2. The van der Waals surface area contributed by atoms with E-state index in [-0.39, 0.29) is 0 Å². The highest BCUT2D eigenvalue weighted by Gasteiger charge is 2.50. The molecule has 0 spiro atoms. The predicted octanol–water partition coefficient (Wildman–Crippen LogP) is 6.85. The molecule has 3 aliphatic carbocycles. The molecule has 3 heteroatoms. The second kappa shape index (κ2) is 9.75. The smallest absolute Gasteiger partial charge is 0.105 e. The Kier molecular flexibility index (Phi) is 7.69. The van der Waals surface area contributed by atoms with E-state index < -0.39 is 17.9 Å². The fraction of sp³-hybridized carbons (Fsp3) is 0.714. The lowest BCUT2D eigenvalue weighted by atomic mass is 9.61. The third kappa shape index (κ3) is 5.79. The second-order valence-corrected chi connectivity index (χ2v) is 11.2. The number of alkyl halides is 1. The number of hydrogen-bond donors (Lipinski definition) is 2. The number of halogens is 1. The van der Waals surface area contributed by atoms with Crippen LogP contribution in [0.25, 0.3) is 0 Å². The van der Waals surface area contributed by atoms with E-state index >= 15 is 0 Å². The summed E-state index contributed by atoms with van der Waals surface area (Å²) in [5, 5.41) is 20.2. The van der Waals surface area contributed by atoms with E-state index in [0.29, 0.717) is 42.4 Å². The highest BCUT2D eigenvalue weighted by atomic mass is 19.1. The first-order valence-corrected chi connectivity index (χ1v) is 12.3. The Morgan fingerprint density at radius 2 is 2.00 bits per heavy atom. The molecule has 0 aromatic rings. The minimum Gasteiger partial charge on any atom is -0.393 e. The molecule has 6 atom stereocenters. The van der Waals surface area contributed by atoms with Crippen LogP contribution in [0.2, 0.25) is 0 Å². The van der Waals surface area contributed by atoms with E-state index in [1.807, 2.05) is 0 Å². The number of allylic oxidation sites excluding steroid dienone is 5. The van der Waals surface area contributed by atoms with Crippen LogP contribution in [0.4, 0.5) is 4.39 Å². The van der Waals surface area contributed by atoms with Gasteiger partial charge in [-0.3, -0.25) is 0 Å². The molecule has 0 heterocycles. The standard InChI is InChI=1S/C28H43FO2/c1-19(9-6-7-15-27(3,4)29)24-13-14-25-21(10-8-16-28(24,25)5)11-12-22-17-23(30)18-26(31)20(22)2/h6,9,11-12,19,23-26,30-31H,2,7-8,10,13-18H2,1,3-5H3/b9-6+,21-11+,22-12+/t19-,23-,24+,25+,26+,28-/m1/s1. The molecule has 0 amide bonds. The number of fused-ring (bicyclic) bond motifs is 1. The molecule has 3 aliphatic rings. The monoisotopic (exact) mass is 430 g/mol. The lowest BCUT2D eigenvalue weighted by molar-refractivity contribution is 0.0862. The van der Waals surface area contributed by atoms with Crippen LogP contribution in [0.1, 0.15) is 85.5 Å². The van der Waals surface area contributed by atoms with Crippen molar-refractivity contribution in [1.82, 2.24) is 0 Å². The summed E-state index contributed by atoms with van der Waals surface area (Å²) in [5.41, 5.74) is 2.51. The summed E-state index contributed by atoms with van der Waals surface area (Å²) in [5.74, 6) is 1.78. The third-order valence-electron chi connectivity index (χ3n) is 8.28. The summed E-state index contributed by atoms with van der Waals surface area (Å²) in [6.45, 7) is 12.2. The van der Waals surface area contributed by atoms with Crippen molar-refractivity contribution in [1.29, 1.82) is 0 Å². The second-order valence-electron chi connectivity index (χ2n) is 11.2. The quantitative estimate of drug-likeness (QED) is 0.453. The molecule has 0 aromatic carbocycles. The van der Waals surface area contributed by atoms with Crippen molar-refractivity contribution in [2.45, 2.75) is 103 Å². The maximum atomic E-state index is 13.7. The largest absolute Gasteiger partial charge is 0.393 e. The van der Waals surface area contributed by atoms with Gasteiger partial charge < -0.3 is 10.2 Å². The molecule has 2 nitrogen and oxygen atoms in total. The highest BCUT2D eigenvalue weighted by Crippen LogP contribution is 2.59. The summed E-state index contributed by atoms with van der Waals surface area (Å²) >= 11 is 0. The van der Waals surface area contributed by atoms with Gasteiger partial charge >= 0.3 is 0 Å². The SMILES string of the molecule is C=C1/C(=C/C=C2\CCC[C@@]3(C)[C@H]2CC[C@H]3[C@H](C)/C=C/CCC(C)(C)F)C[C@@H](O)C[C@@H]1O. The Bertz CT molecular complexity index is 741. The molecule has 0 bridgehead atoms. The van der Waals surface area contributed by atoms with Gasteiger partial charge in [-0.1, -0.05) is 50.3 Å². The van der Waals surface area contributed by atoms with Crippen LogP contribution in [0, 0.1) is 23.2 Å². The average Bonchev–Trinajstić information content (AvgIpc) is 3.03. The fourth-order valence-corrected chi connectivity index (χ4v) is 6.48. The van der Waals surface area contributed by atoms with Crippen molar-refractivity contribution < 1.29 is 14.6 Å². The van der Waals surface area contributed by atoms with Gasteiger partial charge in [-0.25, -0.2) is 4.39 Å². The van der Waals surface area contributed by atoms with Crippen molar-refractivity contribution in [3.05, 3.63) is 47.6 Å². The third-order valence-corrected chi connectivity index (χ3v) is 8.28. The highest BCUT2D eigenvalue weighted by molar-refractivity contribution is 5.38. The topological polar surface area (TPSA) is 40.5 Å². The van der Waals surface area contributed by atoms with Gasteiger partial charge in [-0.15, -0.1) is 0 Å². The summed E-state index contributed by atoms with van der Waals surface area (Å²) < 4.78 is 13.7. The summed E-state index contributed by atoms with van der Waals surface area (Å²) in [4.78, 5) is 0. The van der Waals surface area contributed by atoms with Gasteiger partial charge in [0.15, 0.2) is 0 Å². The molecule has 0 unspecified atom stereocenters. The zero-order valence-electron chi connectivity index (χ0n) is 20.0. The van der Waals surface area contributed by atoms with E-state index in [9.17, 15) is 14.6 Å². The van der Waals surface area contributed by atoms with Gasteiger partial charge in [-0.2, -0.15) is 0 Å². The van der Waals surface area contributed by atoms with E-state index in [2.05, 4.69) is 44.7 Å². The zero-order valence-corrected chi connectivity index (χ0v) is 20.0. The van der Waals surface area contributed by atoms with Crippen molar-refractivity contribution in [2.24, 2.45) is 23.2 Å². The van der Waals surface area contributed by atoms with Crippen molar-refractivity contribution in [3.8, 4) is 0 Å². The van der Waals surface area contributed by atoms with Crippen LogP contribution in [0.5, 0.6) is 0 Å². The molecule has 174 valence electrons. The predicted molar refractivity (Wildman–Crippen MR) is 127 cm³/mol. The van der Waals surface area contributed by atoms with Crippen molar-refractivity contribution in [2.75, 3.05) is 0 Å². The molecular weight excluding hydrogens is 387 g/mol. The molecule has 2 N–H and O–H groups in total. The molecule has 0 radical (unpaired) electrons. The Morgan fingerprint density at radius 1 is 1.26 bits per heavy atom.